The molecule has 0 aliphatic heterocycles. The van der Waals surface area contributed by atoms with Gasteiger partial charge in [0.15, 0.2) is 0 Å². The fraction of sp³-hybridized carbons (Fsp3) is 0.885. The fourth-order valence-corrected chi connectivity index (χ4v) is 4.20. The van der Waals surface area contributed by atoms with E-state index in [1.807, 2.05) is 0 Å². The molecule has 1 rings (SSSR count). The van der Waals surface area contributed by atoms with Crippen LogP contribution in [-0.4, -0.2) is 4.57 Å². The van der Waals surface area contributed by atoms with Crippen LogP contribution in [0.25, 0.3) is 0 Å². The molecule has 0 N–H and O–H groups in total. The van der Waals surface area contributed by atoms with E-state index in [0.717, 1.165) is 0 Å². The van der Waals surface area contributed by atoms with Crippen LogP contribution in [0.15, 0.2) is 12.4 Å². The summed E-state index contributed by atoms with van der Waals surface area (Å²) >= 11 is 0. The minimum Gasteiger partial charge on any atom is -0.234 e. The third kappa shape index (κ3) is 11.9. The highest BCUT2D eigenvalue weighted by atomic mass is 15.1. The van der Waals surface area contributed by atoms with Gasteiger partial charge in [-0.3, -0.25) is 0 Å². The summed E-state index contributed by atoms with van der Waals surface area (Å²) in [5, 5.41) is 0. The molecule has 0 aliphatic carbocycles. The molecular weight excluding hydrogens is 340 g/mol. The van der Waals surface area contributed by atoms with Gasteiger partial charge in [-0.25, -0.2) is 9.13 Å². The zero-order valence-electron chi connectivity index (χ0n) is 19.7. The highest BCUT2D eigenvalue weighted by Gasteiger charge is 2.16. The lowest BCUT2D eigenvalue weighted by Gasteiger charge is -2.06. The molecule has 0 bridgehead atoms. The fourth-order valence-electron chi connectivity index (χ4n) is 4.20. The molecule has 1 heterocycles. The molecule has 0 radical (unpaired) electrons. The Morgan fingerprint density at radius 2 is 1.11 bits per heavy atom. The van der Waals surface area contributed by atoms with Crippen molar-refractivity contribution in [1.29, 1.82) is 0 Å². The average Bonchev–Trinajstić information content (AvgIpc) is 3.08. The van der Waals surface area contributed by atoms with Crippen molar-refractivity contribution in [2.45, 2.75) is 149 Å². The van der Waals surface area contributed by atoms with Crippen LogP contribution in [-0.2, 0) is 19.5 Å². The first kappa shape index (κ1) is 25.2. The number of aromatic nitrogens is 2. The Balaban J connectivity index is 2.31. The van der Waals surface area contributed by atoms with E-state index in [1.165, 1.54) is 129 Å². The van der Waals surface area contributed by atoms with Gasteiger partial charge in [0.25, 0.3) is 5.82 Å². The van der Waals surface area contributed by atoms with Crippen LogP contribution in [0, 0.1) is 0 Å². The standard InChI is InChI=1S/C26H51N2/c1-4-7-10-12-13-14-15-16-17-18-21-26-27(22-19-9-6-3)24-25-28(26)23-20-11-8-5-2/h24-25H,4-23H2,1-3H3/q+1. The summed E-state index contributed by atoms with van der Waals surface area (Å²) in [5.41, 5.74) is 0. The van der Waals surface area contributed by atoms with Crippen molar-refractivity contribution in [3.8, 4) is 0 Å². The van der Waals surface area contributed by atoms with Crippen LogP contribution in [0.3, 0.4) is 0 Å². The molecule has 1 aromatic heterocycles. The van der Waals surface area contributed by atoms with Gasteiger partial charge >= 0.3 is 0 Å². The second kappa shape index (κ2) is 18.3. The molecule has 2 nitrogen and oxygen atoms in total. The van der Waals surface area contributed by atoms with Crippen molar-refractivity contribution in [1.82, 2.24) is 4.57 Å². The minimum atomic E-state index is 1.21. The van der Waals surface area contributed by atoms with Gasteiger partial charge in [-0.05, 0) is 32.1 Å². The van der Waals surface area contributed by atoms with Crippen LogP contribution in [0.4, 0.5) is 0 Å². The zero-order valence-corrected chi connectivity index (χ0v) is 19.7. The van der Waals surface area contributed by atoms with Crippen molar-refractivity contribution in [2.24, 2.45) is 0 Å². The Morgan fingerprint density at radius 1 is 0.607 bits per heavy atom. The van der Waals surface area contributed by atoms with Crippen LogP contribution < -0.4 is 4.57 Å². The molecule has 1 aromatic rings. The van der Waals surface area contributed by atoms with E-state index in [0.29, 0.717) is 0 Å². The quantitative estimate of drug-likeness (QED) is 0.157. The van der Waals surface area contributed by atoms with Crippen molar-refractivity contribution >= 4 is 0 Å². The minimum absolute atomic E-state index is 1.21. The maximum atomic E-state index is 2.56. The molecule has 28 heavy (non-hydrogen) atoms. The Bertz CT molecular complexity index is 449. The number of imidazole rings is 1. The number of nitrogens with zero attached hydrogens (tertiary/aromatic N) is 2. The molecule has 0 fully saturated rings. The summed E-state index contributed by atoms with van der Waals surface area (Å²) in [6, 6.07) is 0. The van der Waals surface area contributed by atoms with Crippen molar-refractivity contribution < 1.29 is 4.57 Å². The molecule has 0 spiro atoms. The average molecular weight is 392 g/mol. The first-order valence-electron chi connectivity index (χ1n) is 12.9. The molecule has 0 amide bonds. The van der Waals surface area contributed by atoms with Gasteiger partial charge < -0.3 is 0 Å². The lowest BCUT2D eigenvalue weighted by Crippen LogP contribution is -2.37. The summed E-state index contributed by atoms with van der Waals surface area (Å²) in [7, 11) is 0. The van der Waals surface area contributed by atoms with Gasteiger partial charge in [0.2, 0.25) is 0 Å². The van der Waals surface area contributed by atoms with E-state index in [1.54, 1.807) is 5.82 Å². The predicted molar refractivity (Wildman–Crippen MR) is 124 cm³/mol. The lowest BCUT2D eigenvalue weighted by atomic mass is 10.1. The molecule has 0 atom stereocenters. The molecule has 0 aliphatic rings. The molecule has 164 valence electrons. The first-order valence-corrected chi connectivity index (χ1v) is 12.9. The van der Waals surface area contributed by atoms with Gasteiger partial charge in [-0.15, -0.1) is 0 Å². The Hall–Kier alpha value is -0.790. The second-order valence-electron chi connectivity index (χ2n) is 8.80. The largest absolute Gasteiger partial charge is 0.256 e. The highest BCUT2D eigenvalue weighted by molar-refractivity contribution is 4.84. The van der Waals surface area contributed by atoms with E-state index in [2.05, 4.69) is 42.3 Å². The second-order valence-corrected chi connectivity index (χ2v) is 8.80. The number of aryl methyl sites for hydroxylation is 2. The highest BCUT2D eigenvalue weighted by Crippen LogP contribution is 2.13. The van der Waals surface area contributed by atoms with E-state index in [-0.39, 0.29) is 0 Å². The molecule has 0 aromatic carbocycles. The van der Waals surface area contributed by atoms with Crippen molar-refractivity contribution in [2.75, 3.05) is 0 Å². The Labute approximate surface area is 177 Å². The van der Waals surface area contributed by atoms with E-state index < -0.39 is 0 Å². The van der Waals surface area contributed by atoms with Gasteiger partial charge in [0.05, 0.1) is 13.1 Å². The van der Waals surface area contributed by atoms with Crippen LogP contribution in [0.2, 0.25) is 0 Å². The molecule has 2 heteroatoms. The maximum absolute atomic E-state index is 2.56. The maximum Gasteiger partial charge on any atom is 0.256 e. The molecule has 0 saturated heterocycles. The number of rotatable bonds is 20. The van der Waals surface area contributed by atoms with Crippen LogP contribution in [0.5, 0.6) is 0 Å². The third-order valence-corrected chi connectivity index (χ3v) is 6.10. The SMILES string of the molecule is CCCCCCCCCCCCc1n(CCCCCC)cc[n+]1CCCCC. The summed E-state index contributed by atoms with van der Waals surface area (Å²) in [6.45, 7) is 9.33. The summed E-state index contributed by atoms with van der Waals surface area (Å²) in [5.74, 6) is 1.59. The van der Waals surface area contributed by atoms with Crippen molar-refractivity contribution in [3.05, 3.63) is 18.2 Å². The molecular formula is C26H51N2+. The number of hydrogen-bond acceptors (Lipinski definition) is 0. The van der Waals surface area contributed by atoms with Gasteiger partial charge in [0.1, 0.15) is 12.4 Å². The van der Waals surface area contributed by atoms with E-state index >= 15 is 0 Å². The Morgan fingerprint density at radius 3 is 1.71 bits per heavy atom. The van der Waals surface area contributed by atoms with Gasteiger partial charge in [-0.2, -0.15) is 0 Å². The Kier molecular flexibility index (Phi) is 16.5. The monoisotopic (exact) mass is 391 g/mol. The van der Waals surface area contributed by atoms with E-state index in [4.69, 9.17) is 0 Å². The van der Waals surface area contributed by atoms with Crippen molar-refractivity contribution in [3.63, 3.8) is 0 Å². The topological polar surface area (TPSA) is 8.81 Å². The van der Waals surface area contributed by atoms with Crippen LogP contribution >= 0.6 is 0 Å². The van der Waals surface area contributed by atoms with E-state index in [9.17, 15) is 0 Å². The smallest absolute Gasteiger partial charge is 0.234 e. The lowest BCUT2D eigenvalue weighted by molar-refractivity contribution is -0.704. The molecule has 0 saturated carbocycles. The van der Waals surface area contributed by atoms with Gasteiger partial charge in [0, 0.05) is 6.42 Å². The summed E-state index contributed by atoms with van der Waals surface area (Å²) < 4.78 is 5.12. The number of hydrogen-bond donors (Lipinski definition) is 0. The predicted octanol–water partition coefficient (Wildman–Crippen LogP) is 8.01. The third-order valence-electron chi connectivity index (χ3n) is 6.10. The normalized spacial score (nSPS) is 11.4. The zero-order chi connectivity index (χ0) is 20.3. The molecule has 0 unspecified atom stereocenters. The first-order chi connectivity index (χ1) is 13.8. The van der Waals surface area contributed by atoms with Gasteiger partial charge in [-0.1, -0.05) is 97.8 Å². The number of unbranched alkanes of at least 4 members (excludes halogenated alkanes) is 14. The summed E-state index contributed by atoms with van der Waals surface area (Å²) in [4.78, 5) is 0. The summed E-state index contributed by atoms with van der Waals surface area (Å²) in [6.07, 6.45) is 29.6. The van der Waals surface area contributed by atoms with Crippen LogP contribution in [0.1, 0.15) is 136 Å².